The summed E-state index contributed by atoms with van der Waals surface area (Å²) >= 11 is 0. The minimum absolute atomic E-state index is 0. The number of carbonyl (C=O) groups excluding carboxylic acids is 1. The number of halogens is 1. The zero-order valence-corrected chi connectivity index (χ0v) is 14.6. The maximum Gasteiger partial charge on any atom is 0.251 e. The van der Waals surface area contributed by atoms with Crippen molar-refractivity contribution in [2.75, 3.05) is 27.8 Å². The van der Waals surface area contributed by atoms with E-state index in [0.29, 0.717) is 24.6 Å². The van der Waals surface area contributed by atoms with E-state index in [1.807, 2.05) is 12.1 Å². The van der Waals surface area contributed by atoms with Crippen molar-refractivity contribution in [3.8, 4) is 11.5 Å². The van der Waals surface area contributed by atoms with E-state index in [-0.39, 0.29) is 30.5 Å². The van der Waals surface area contributed by atoms with Crippen molar-refractivity contribution in [1.29, 1.82) is 0 Å². The Morgan fingerprint density at radius 1 is 1.26 bits per heavy atom. The van der Waals surface area contributed by atoms with Crippen LogP contribution in [-0.4, -0.2) is 50.8 Å². The van der Waals surface area contributed by atoms with Gasteiger partial charge in [0.2, 0.25) is 0 Å². The Kier molecular flexibility index (Phi) is 7.61. The Balaban J connectivity index is 0.00000264. The number of methoxy groups -OCH3 is 2. The number of likely N-dealkylation sites (N-methyl/N-ethyl adjacent to an activating group) is 1. The number of hydrogen-bond donors (Lipinski definition) is 1. The average molecular weight is 345 g/mol. The Hall–Kier alpha value is -1.50. The molecule has 1 heterocycles. The molecule has 2 atom stereocenters. The van der Waals surface area contributed by atoms with E-state index >= 15 is 0 Å². The first-order valence-corrected chi connectivity index (χ1v) is 7.39. The minimum atomic E-state index is -0.383. The highest BCUT2D eigenvalue weighted by Gasteiger charge is 2.31. The van der Waals surface area contributed by atoms with Gasteiger partial charge in [-0.3, -0.25) is 4.79 Å². The Morgan fingerprint density at radius 3 is 2.35 bits per heavy atom. The van der Waals surface area contributed by atoms with Gasteiger partial charge in [0.15, 0.2) is 0 Å². The van der Waals surface area contributed by atoms with Crippen molar-refractivity contribution in [1.82, 2.24) is 4.90 Å². The SMILES string of the molecule is COc1cc(CN(C)C(=O)[C@@H]2CC[C@H](CN)O2)cc(OC)c1.Cl. The second-order valence-electron chi connectivity index (χ2n) is 5.47. The van der Waals surface area contributed by atoms with Crippen molar-refractivity contribution in [3.63, 3.8) is 0 Å². The van der Waals surface area contributed by atoms with Crippen molar-refractivity contribution in [2.24, 2.45) is 5.73 Å². The molecule has 0 saturated carbocycles. The van der Waals surface area contributed by atoms with Crippen LogP contribution in [0.3, 0.4) is 0 Å². The van der Waals surface area contributed by atoms with Gasteiger partial charge in [-0.2, -0.15) is 0 Å². The van der Waals surface area contributed by atoms with Crippen LogP contribution in [0.2, 0.25) is 0 Å². The number of rotatable bonds is 6. The molecule has 1 amide bonds. The molecule has 23 heavy (non-hydrogen) atoms. The molecular formula is C16H25ClN2O4. The molecule has 1 aliphatic rings. The molecule has 1 saturated heterocycles. The average Bonchev–Trinajstić information content (AvgIpc) is 3.02. The van der Waals surface area contributed by atoms with Crippen molar-refractivity contribution < 1.29 is 19.0 Å². The third kappa shape index (κ3) is 4.99. The summed E-state index contributed by atoms with van der Waals surface area (Å²) in [5.41, 5.74) is 6.53. The number of benzene rings is 1. The maximum atomic E-state index is 12.4. The van der Waals surface area contributed by atoms with Crippen molar-refractivity contribution in [2.45, 2.75) is 31.6 Å². The number of ether oxygens (including phenoxy) is 3. The molecule has 0 spiro atoms. The Labute approximate surface area is 143 Å². The molecule has 2 rings (SSSR count). The van der Waals surface area contributed by atoms with Crippen LogP contribution in [-0.2, 0) is 16.1 Å². The smallest absolute Gasteiger partial charge is 0.251 e. The number of amides is 1. The summed E-state index contributed by atoms with van der Waals surface area (Å²) < 4.78 is 16.1. The molecule has 6 nitrogen and oxygen atoms in total. The standard InChI is InChI=1S/C16H24N2O4.ClH/c1-18(16(19)15-5-4-12(9-17)22-15)10-11-6-13(20-2)8-14(7-11)21-3;/h6-8,12,15H,4-5,9-10,17H2,1-3H3;1H/t12-,15+;/m1./s1. The first-order valence-electron chi connectivity index (χ1n) is 7.39. The highest BCUT2D eigenvalue weighted by molar-refractivity contribution is 5.85. The Bertz CT molecular complexity index is 505. The fourth-order valence-electron chi connectivity index (χ4n) is 2.62. The summed E-state index contributed by atoms with van der Waals surface area (Å²) in [4.78, 5) is 14.1. The number of nitrogens with zero attached hydrogens (tertiary/aromatic N) is 1. The van der Waals surface area contributed by atoms with Crippen LogP contribution in [0.1, 0.15) is 18.4 Å². The molecule has 0 unspecified atom stereocenters. The van der Waals surface area contributed by atoms with E-state index in [0.717, 1.165) is 18.4 Å². The van der Waals surface area contributed by atoms with E-state index < -0.39 is 0 Å². The van der Waals surface area contributed by atoms with E-state index in [4.69, 9.17) is 19.9 Å². The molecule has 1 fully saturated rings. The molecule has 0 radical (unpaired) electrons. The summed E-state index contributed by atoms with van der Waals surface area (Å²) in [7, 11) is 4.98. The third-order valence-corrected chi connectivity index (χ3v) is 3.85. The molecule has 1 aliphatic heterocycles. The fraction of sp³-hybridized carbons (Fsp3) is 0.562. The Morgan fingerprint density at radius 2 is 1.87 bits per heavy atom. The quantitative estimate of drug-likeness (QED) is 0.848. The first-order chi connectivity index (χ1) is 10.6. The molecule has 1 aromatic carbocycles. The van der Waals surface area contributed by atoms with Gasteiger partial charge in [0, 0.05) is 26.2 Å². The van der Waals surface area contributed by atoms with Crippen LogP contribution in [0.25, 0.3) is 0 Å². The van der Waals surface area contributed by atoms with Gasteiger partial charge < -0.3 is 24.8 Å². The third-order valence-electron chi connectivity index (χ3n) is 3.85. The second-order valence-corrected chi connectivity index (χ2v) is 5.47. The molecule has 7 heteroatoms. The van der Waals surface area contributed by atoms with Crippen molar-refractivity contribution in [3.05, 3.63) is 23.8 Å². The number of hydrogen-bond acceptors (Lipinski definition) is 5. The van der Waals surface area contributed by atoms with Gasteiger partial charge in [-0.05, 0) is 30.5 Å². The van der Waals surface area contributed by atoms with Crippen LogP contribution < -0.4 is 15.2 Å². The summed E-state index contributed by atoms with van der Waals surface area (Å²) in [5.74, 6) is 1.39. The lowest BCUT2D eigenvalue weighted by atomic mass is 10.1. The van der Waals surface area contributed by atoms with E-state index in [1.165, 1.54) is 0 Å². The predicted octanol–water partition coefficient (Wildman–Crippen LogP) is 1.59. The van der Waals surface area contributed by atoms with Gasteiger partial charge in [0.1, 0.15) is 17.6 Å². The zero-order valence-electron chi connectivity index (χ0n) is 13.8. The van der Waals surface area contributed by atoms with Crippen molar-refractivity contribution >= 4 is 18.3 Å². The van der Waals surface area contributed by atoms with Gasteiger partial charge in [0.05, 0.1) is 20.3 Å². The highest BCUT2D eigenvalue weighted by atomic mass is 35.5. The molecule has 0 aromatic heterocycles. The van der Waals surface area contributed by atoms with Gasteiger partial charge >= 0.3 is 0 Å². The lowest BCUT2D eigenvalue weighted by Gasteiger charge is -2.22. The van der Waals surface area contributed by atoms with Gasteiger partial charge in [0.25, 0.3) is 5.91 Å². The zero-order chi connectivity index (χ0) is 16.1. The first kappa shape index (κ1) is 19.5. The molecule has 0 bridgehead atoms. The van der Waals surface area contributed by atoms with Crippen LogP contribution >= 0.6 is 12.4 Å². The molecule has 1 aromatic rings. The monoisotopic (exact) mass is 344 g/mol. The number of nitrogens with two attached hydrogens (primary N) is 1. The molecule has 2 N–H and O–H groups in total. The van der Waals surface area contributed by atoms with Gasteiger partial charge in [-0.25, -0.2) is 0 Å². The minimum Gasteiger partial charge on any atom is -0.497 e. The van der Waals surface area contributed by atoms with Gasteiger partial charge in [-0.1, -0.05) is 0 Å². The lowest BCUT2D eigenvalue weighted by Crippen LogP contribution is -2.36. The maximum absolute atomic E-state index is 12.4. The lowest BCUT2D eigenvalue weighted by molar-refractivity contribution is -0.141. The summed E-state index contributed by atoms with van der Waals surface area (Å²) in [6.45, 7) is 0.931. The van der Waals surface area contributed by atoms with Crippen LogP contribution in [0.15, 0.2) is 18.2 Å². The summed E-state index contributed by atoms with van der Waals surface area (Å²) in [6.07, 6.45) is 1.19. The molecule has 0 aliphatic carbocycles. The highest BCUT2D eigenvalue weighted by Crippen LogP contribution is 2.25. The van der Waals surface area contributed by atoms with E-state index in [2.05, 4.69) is 0 Å². The fourth-order valence-corrected chi connectivity index (χ4v) is 2.62. The normalized spacial score (nSPS) is 19.8. The topological polar surface area (TPSA) is 74.0 Å². The van der Waals surface area contributed by atoms with Crippen LogP contribution in [0.5, 0.6) is 11.5 Å². The molecular weight excluding hydrogens is 320 g/mol. The molecule has 130 valence electrons. The summed E-state index contributed by atoms with van der Waals surface area (Å²) in [5, 5.41) is 0. The second kappa shape index (κ2) is 8.96. The number of carbonyl (C=O) groups is 1. The van der Waals surface area contributed by atoms with Gasteiger partial charge in [-0.15, -0.1) is 12.4 Å². The largest absolute Gasteiger partial charge is 0.497 e. The summed E-state index contributed by atoms with van der Waals surface area (Å²) in [6, 6.07) is 5.59. The predicted molar refractivity (Wildman–Crippen MR) is 90.2 cm³/mol. The van der Waals surface area contributed by atoms with E-state index in [1.54, 1.807) is 32.2 Å². The van der Waals surface area contributed by atoms with Crippen LogP contribution in [0.4, 0.5) is 0 Å². The van der Waals surface area contributed by atoms with E-state index in [9.17, 15) is 4.79 Å². The van der Waals surface area contributed by atoms with Crippen LogP contribution in [0, 0.1) is 0 Å².